The third kappa shape index (κ3) is 1.98. The predicted octanol–water partition coefficient (Wildman–Crippen LogP) is 1.63. The zero-order valence-electron chi connectivity index (χ0n) is 6.48. The largest absolute Gasteiger partial charge is 0.397 e. The van der Waals surface area contributed by atoms with E-state index in [1.54, 1.807) is 0 Å². The Labute approximate surface area is 77.5 Å². The molecule has 0 saturated heterocycles. The van der Waals surface area contributed by atoms with Gasteiger partial charge >= 0.3 is 0 Å². The fourth-order valence-electron chi connectivity index (χ4n) is 0.886. The molecule has 13 heavy (non-hydrogen) atoms. The first kappa shape index (κ1) is 9.98. The van der Waals surface area contributed by atoms with Gasteiger partial charge in [0, 0.05) is 5.56 Å². The second-order valence-corrected chi connectivity index (χ2v) is 2.69. The van der Waals surface area contributed by atoms with E-state index in [1.165, 1.54) is 0 Å². The van der Waals surface area contributed by atoms with E-state index in [-0.39, 0.29) is 17.1 Å². The van der Waals surface area contributed by atoms with Crippen LogP contribution in [0.1, 0.15) is 17.7 Å². The highest BCUT2D eigenvalue weighted by atomic mass is 35.5. The molecule has 0 aliphatic carbocycles. The number of pyridine rings is 1. The minimum atomic E-state index is -2.78. The fourth-order valence-corrected chi connectivity index (χ4v) is 1.08. The van der Waals surface area contributed by atoms with Crippen LogP contribution in [-0.2, 0) is 5.88 Å². The number of aromatic nitrogens is 1. The van der Waals surface area contributed by atoms with Gasteiger partial charge in [0.15, 0.2) is 0 Å². The Morgan fingerprint density at radius 1 is 1.62 bits per heavy atom. The van der Waals surface area contributed by atoms with E-state index < -0.39 is 17.7 Å². The Morgan fingerprint density at radius 2 is 2.23 bits per heavy atom. The van der Waals surface area contributed by atoms with Gasteiger partial charge < -0.3 is 10.7 Å². The van der Waals surface area contributed by atoms with Gasteiger partial charge in [-0.05, 0) is 6.07 Å². The quantitative estimate of drug-likeness (QED) is 0.726. The van der Waals surface area contributed by atoms with Crippen LogP contribution < -0.4 is 11.3 Å². The number of hydrogen-bond acceptors (Lipinski definition) is 2. The zero-order chi connectivity index (χ0) is 10.0. The van der Waals surface area contributed by atoms with Crippen molar-refractivity contribution in [3.8, 4) is 0 Å². The van der Waals surface area contributed by atoms with Crippen molar-refractivity contribution < 1.29 is 8.78 Å². The summed E-state index contributed by atoms with van der Waals surface area (Å²) >= 11 is 5.37. The minimum Gasteiger partial charge on any atom is -0.397 e. The number of anilines is 1. The number of halogens is 3. The van der Waals surface area contributed by atoms with E-state index in [9.17, 15) is 13.6 Å². The highest BCUT2D eigenvalue weighted by Gasteiger charge is 2.13. The molecule has 72 valence electrons. The van der Waals surface area contributed by atoms with Crippen LogP contribution in [-0.4, -0.2) is 4.98 Å². The summed E-state index contributed by atoms with van der Waals surface area (Å²) in [5.74, 6) is -0.0525. The summed E-state index contributed by atoms with van der Waals surface area (Å²) in [5, 5.41) is 0. The van der Waals surface area contributed by atoms with Crippen molar-refractivity contribution in [2.24, 2.45) is 0 Å². The Balaban J connectivity index is 3.29. The van der Waals surface area contributed by atoms with E-state index in [4.69, 9.17) is 17.3 Å². The van der Waals surface area contributed by atoms with Gasteiger partial charge in [-0.3, -0.25) is 4.79 Å². The van der Waals surface area contributed by atoms with E-state index in [1.807, 2.05) is 4.98 Å². The van der Waals surface area contributed by atoms with E-state index in [2.05, 4.69) is 0 Å². The molecule has 0 radical (unpaired) electrons. The van der Waals surface area contributed by atoms with Crippen molar-refractivity contribution >= 4 is 17.3 Å². The number of nitrogens with two attached hydrogens (primary N) is 1. The lowest BCUT2D eigenvalue weighted by molar-refractivity contribution is 0.146. The molecule has 0 fully saturated rings. The average Bonchev–Trinajstić information content (AvgIpc) is 2.07. The van der Waals surface area contributed by atoms with Crippen LogP contribution in [0.5, 0.6) is 0 Å². The lowest BCUT2D eigenvalue weighted by Gasteiger charge is -2.04. The maximum atomic E-state index is 12.2. The normalized spacial score (nSPS) is 10.8. The maximum absolute atomic E-state index is 12.2. The molecule has 6 heteroatoms. The van der Waals surface area contributed by atoms with Crippen LogP contribution in [0.2, 0.25) is 0 Å². The Hall–Kier alpha value is -1.10. The molecule has 0 aliphatic heterocycles. The number of rotatable bonds is 2. The first-order valence-electron chi connectivity index (χ1n) is 3.42. The maximum Gasteiger partial charge on any atom is 0.280 e. The summed E-state index contributed by atoms with van der Waals surface area (Å²) in [7, 11) is 0. The lowest BCUT2D eigenvalue weighted by Crippen LogP contribution is -2.15. The molecule has 0 saturated carbocycles. The Morgan fingerprint density at radius 3 is 2.69 bits per heavy atom. The van der Waals surface area contributed by atoms with Gasteiger partial charge in [0.1, 0.15) is 5.69 Å². The molecular formula is C7H7ClF2N2O. The third-order valence-corrected chi connectivity index (χ3v) is 1.83. The highest BCUT2D eigenvalue weighted by molar-refractivity contribution is 6.17. The summed E-state index contributed by atoms with van der Waals surface area (Å²) in [6, 6.07) is 1.16. The van der Waals surface area contributed by atoms with Gasteiger partial charge in [-0.1, -0.05) is 0 Å². The number of hydrogen-bond donors (Lipinski definition) is 2. The van der Waals surface area contributed by atoms with Crippen LogP contribution >= 0.6 is 11.6 Å². The van der Waals surface area contributed by atoms with Gasteiger partial charge in [0.05, 0.1) is 11.6 Å². The van der Waals surface area contributed by atoms with Crippen molar-refractivity contribution in [3.05, 3.63) is 27.7 Å². The SMILES string of the molecule is Nc1cc(CCl)c(=O)[nH]c1C(F)F. The summed E-state index contributed by atoms with van der Waals surface area (Å²) in [6.45, 7) is 0. The predicted molar refractivity (Wildman–Crippen MR) is 46.0 cm³/mol. The highest BCUT2D eigenvalue weighted by Crippen LogP contribution is 2.21. The fraction of sp³-hybridized carbons (Fsp3) is 0.286. The van der Waals surface area contributed by atoms with Crippen molar-refractivity contribution in [1.29, 1.82) is 0 Å². The van der Waals surface area contributed by atoms with Crippen molar-refractivity contribution in [1.82, 2.24) is 4.98 Å². The van der Waals surface area contributed by atoms with E-state index >= 15 is 0 Å². The van der Waals surface area contributed by atoms with Crippen molar-refractivity contribution in [3.63, 3.8) is 0 Å². The lowest BCUT2D eigenvalue weighted by atomic mass is 10.2. The number of aromatic amines is 1. The monoisotopic (exact) mass is 208 g/mol. The molecule has 0 aliphatic rings. The van der Waals surface area contributed by atoms with E-state index in [0.29, 0.717) is 0 Å². The zero-order valence-corrected chi connectivity index (χ0v) is 7.24. The smallest absolute Gasteiger partial charge is 0.280 e. The standard InChI is InChI=1S/C7H7ClF2N2O/c8-2-3-1-4(11)5(6(9)10)12-7(3)13/h1,6H,2,11H2,(H,12,13). The first-order chi connectivity index (χ1) is 6.06. The van der Waals surface area contributed by atoms with Gasteiger partial charge in [-0.2, -0.15) is 0 Å². The van der Waals surface area contributed by atoms with Crippen LogP contribution in [0.15, 0.2) is 10.9 Å². The first-order valence-corrected chi connectivity index (χ1v) is 3.95. The molecule has 1 heterocycles. The Bertz CT molecular complexity index is 364. The van der Waals surface area contributed by atoms with Gasteiger partial charge in [-0.15, -0.1) is 11.6 Å². The van der Waals surface area contributed by atoms with Crippen LogP contribution in [0.3, 0.4) is 0 Å². The number of nitrogens with one attached hydrogen (secondary N) is 1. The van der Waals surface area contributed by atoms with Crippen LogP contribution in [0, 0.1) is 0 Å². The average molecular weight is 209 g/mol. The van der Waals surface area contributed by atoms with E-state index in [0.717, 1.165) is 6.07 Å². The molecule has 0 unspecified atom stereocenters. The molecule has 1 rings (SSSR count). The van der Waals surface area contributed by atoms with Gasteiger partial charge in [0.25, 0.3) is 12.0 Å². The topological polar surface area (TPSA) is 58.9 Å². The molecule has 0 bridgehead atoms. The minimum absolute atomic E-state index is 0.0525. The molecule has 1 aromatic heterocycles. The second-order valence-electron chi connectivity index (χ2n) is 2.43. The molecule has 3 N–H and O–H groups in total. The molecule has 1 aromatic rings. The van der Waals surface area contributed by atoms with Crippen molar-refractivity contribution in [2.75, 3.05) is 5.73 Å². The molecule has 3 nitrogen and oxygen atoms in total. The number of H-pyrrole nitrogens is 1. The molecule has 0 amide bonds. The van der Waals surface area contributed by atoms with Gasteiger partial charge in [-0.25, -0.2) is 8.78 Å². The van der Waals surface area contributed by atoms with Crippen molar-refractivity contribution in [2.45, 2.75) is 12.3 Å². The third-order valence-electron chi connectivity index (χ3n) is 1.54. The van der Waals surface area contributed by atoms with Crippen LogP contribution in [0.25, 0.3) is 0 Å². The molecule has 0 atom stereocenters. The summed E-state index contributed by atoms with van der Waals surface area (Å²) in [6.07, 6.45) is -2.78. The summed E-state index contributed by atoms with van der Waals surface area (Å²) in [4.78, 5) is 13.0. The van der Waals surface area contributed by atoms with Crippen LogP contribution in [0.4, 0.5) is 14.5 Å². The summed E-state index contributed by atoms with van der Waals surface area (Å²) in [5.41, 5.74) is 4.11. The molecule has 0 spiro atoms. The molecule has 0 aromatic carbocycles. The number of nitrogen functional groups attached to an aromatic ring is 1. The summed E-state index contributed by atoms with van der Waals surface area (Å²) < 4.78 is 24.3. The van der Waals surface area contributed by atoms with Gasteiger partial charge in [0.2, 0.25) is 0 Å². The second kappa shape index (κ2) is 3.74. The molecular weight excluding hydrogens is 202 g/mol. The number of alkyl halides is 3. The Kier molecular flexibility index (Phi) is 2.87.